The predicted molar refractivity (Wildman–Crippen MR) is 86.0 cm³/mol. The molecular formula is C12H10BrClN2O3S2. The molecule has 0 aliphatic heterocycles. The third-order valence-electron chi connectivity index (χ3n) is 2.52. The maximum absolute atomic E-state index is 12.0. The number of halogens is 2. The molecule has 1 heterocycles. The number of hydrogen-bond donors (Lipinski definition) is 2. The number of carbonyl (C=O) groups is 1. The molecule has 0 bridgehead atoms. The van der Waals surface area contributed by atoms with E-state index in [0.717, 1.165) is 11.3 Å². The van der Waals surface area contributed by atoms with Crippen LogP contribution in [0.3, 0.4) is 0 Å². The highest BCUT2D eigenvalue weighted by Gasteiger charge is 2.12. The second-order valence-electron chi connectivity index (χ2n) is 4.08. The lowest BCUT2D eigenvalue weighted by molar-refractivity contribution is 0.0951. The number of amides is 1. The van der Waals surface area contributed by atoms with Gasteiger partial charge in [-0.2, -0.15) is 0 Å². The molecule has 0 fully saturated rings. The predicted octanol–water partition coefficient (Wildman–Crippen LogP) is 2.74. The average Bonchev–Trinajstić information content (AvgIpc) is 2.88. The van der Waals surface area contributed by atoms with Gasteiger partial charge in [0.05, 0.1) is 11.6 Å². The summed E-state index contributed by atoms with van der Waals surface area (Å²) in [5.41, 5.74) is 0.423. The van der Waals surface area contributed by atoms with Crippen LogP contribution in [0, 0.1) is 0 Å². The van der Waals surface area contributed by atoms with Crippen molar-refractivity contribution < 1.29 is 13.2 Å². The fourth-order valence-electron chi connectivity index (χ4n) is 1.51. The molecule has 1 amide bonds. The van der Waals surface area contributed by atoms with Gasteiger partial charge in [0, 0.05) is 14.9 Å². The maximum atomic E-state index is 12.0. The highest BCUT2D eigenvalue weighted by molar-refractivity contribution is 9.10. The Labute approximate surface area is 139 Å². The lowest BCUT2D eigenvalue weighted by Crippen LogP contribution is -2.22. The van der Waals surface area contributed by atoms with E-state index in [4.69, 9.17) is 16.7 Å². The fraction of sp³-hybridized carbons (Fsp3) is 0.0833. The van der Waals surface area contributed by atoms with Crippen LogP contribution in [0.4, 0.5) is 0 Å². The van der Waals surface area contributed by atoms with Gasteiger partial charge in [0.2, 0.25) is 10.0 Å². The van der Waals surface area contributed by atoms with Crippen LogP contribution in [-0.4, -0.2) is 14.3 Å². The molecule has 21 heavy (non-hydrogen) atoms. The zero-order chi connectivity index (χ0) is 15.6. The topological polar surface area (TPSA) is 89.3 Å². The van der Waals surface area contributed by atoms with Crippen LogP contribution < -0.4 is 10.5 Å². The van der Waals surface area contributed by atoms with Crippen molar-refractivity contribution in [1.29, 1.82) is 0 Å². The summed E-state index contributed by atoms with van der Waals surface area (Å²) in [7, 11) is -3.70. The minimum absolute atomic E-state index is 0.0680. The van der Waals surface area contributed by atoms with Crippen molar-refractivity contribution in [3.8, 4) is 0 Å². The van der Waals surface area contributed by atoms with Crippen LogP contribution in [0.5, 0.6) is 0 Å². The van der Waals surface area contributed by atoms with Gasteiger partial charge >= 0.3 is 0 Å². The molecule has 0 aliphatic rings. The molecule has 0 aliphatic carbocycles. The fourth-order valence-corrected chi connectivity index (χ4v) is 3.66. The third kappa shape index (κ3) is 4.27. The van der Waals surface area contributed by atoms with Crippen LogP contribution in [0.2, 0.25) is 5.02 Å². The van der Waals surface area contributed by atoms with Crippen molar-refractivity contribution in [2.75, 3.05) is 0 Å². The van der Waals surface area contributed by atoms with Gasteiger partial charge < -0.3 is 5.32 Å². The Morgan fingerprint density at radius 2 is 2.05 bits per heavy atom. The Morgan fingerprint density at radius 1 is 1.33 bits per heavy atom. The molecule has 0 atom stereocenters. The lowest BCUT2D eigenvalue weighted by atomic mass is 10.2. The van der Waals surface area contributed by atoms with Crippen molar-refractivity contribution in [2.45, 2.75) is 10.8 Å². The molecule has 9 heteroatoms. The van der Waals surface area contributed by atoms with Gasteiger partial charge in [-0.15, -0.1) is 11.3 Å². The first kappa shape index (κ1) is 16.4. The second kappa shape index (κ2) is 6.45. The summed E-state index contributed by atoms with van der Waals surface area (Å²) in [6.07, 6.45) is 0. The molecular weight excluding hydrogens is 400 g/mol. The maximum Gasteiger partial charge on any atom is 0.251 e. The van der Waals surface area contributed by atoms with E-state index in [0.29, 0.717) is 19.9 Å². The molecule has 0 saturated heterocycles. The Hall–Kier alpha value is -0.930. The monoisotopic (exact) mass is 408 g/mol. The van der Waals surface area contributed by atoms with Gasteiger partial charge in [-0.3, -0.25) is 4.79 Å². The Bertz CT molecular complexity index is 790. The number of nitrogens with two attached hydrogens (primary N) is 1. The standard InChI is InChI=1S/C12H10BrClN2O3S2/c13-9-3-1-7(5-10(9)14)12(17)16-6-8-2-4-11(20-8)21(15,18)19/h1-5H,6H2,(H,16,17)(H2,15,18,19). The first-order valence-corrected chi connectivity index (χ1v) is 9.15. The number of nitrogens with one attached hydrogen (secondary N) is 1. The van der Waals surface area contributed by atoms with E-state index in [2.05, 4.69) is 21.2 Å². The van der Waals surface area contributed by atoms with E-state index < -0.39 is 10.0 Å². The number of primary sulfonamides is 1. The minimum Gasteiger partial charge on any atom is -0.347 e. The van der Waals surface area contributed by atoms with E-state index in [1.807, 2.05) is 0 Å². The average molecular weight is 410 g/mol. The van der Waals surface area contributed by atoms with E-state index in [1.165, 1.54) is 6.07 Å². The van der Waals surface area contributed by atoms with E-state index in [1.54, 1.807) is 24.3 Å². The van der Waals surface area contributed by atoms with Crippen molar-refractivity contribution in [3.05, 3.63) is 50.3 Å². The molecule has 0 saturated carbocycles. The molecule has 1 aromatic heterocycles. The number of rotatable bonds is 4. The number of hydrogen-bond acceptors (Lipinski definition) is 4. The molecule has 0 spiro atoms. The van der Waals surface area contributed by atoms with Crippen molar-refractivity contribution in [3.63, 3.8) is 0 Å². The van der Waals surface area contributed by atoms with Crippen molar-refractivity contribution >= 4 is 54.8 Å². The molecule has 5 nitrogen and oxygen atoms in total. The van der Waals surface area contributed by atoms with E-state index >= 15 is 0 Å². The van der Waals surface area contributed by atoms with Crippen LogP contribution in [-0.2, 0) is 16.6 Å². The smallest absolute Gasteiger partial charge is 0.251 e. The molecule has 0 radical (unpaired) electrons. The summed E-state index contributed by atoms with van der Waals surface area (Å²) >= 11 is 10.2. The molecule has 2 aromatic rings. The molecule has 1 aromatic carbocycles. The van der Waals surface area contributed by atoms with E-state index in [9.17, 15) is 13.2 Å². The minimum atomic E-state index is -3.70. The second-order valence-corrected chi connectivity index (χ2v) is 8.30. The third-order valence-corrected chi connectivity index (χ3v) is 6.28. The largest absolute Gasteiger partial charge is 0.347 e. The normalized spacial score (nSPS) is 11.4. The SMILES string of the molecule is NS(=O)(=O)c1ccc(CNC(=O)c2ccc(Br)c(Cl)c2)s1. The van der Waals surface area contributed by atoms with Crippen LogP contribution in [0.15, 0.2) is 39.0 Å². The zero-order valence-corrected chi connectivity index (χ0v) is 14.4. The van der Waals surface area contributed by atoms with Gasteiger partial charge in [0.25, 0.3) is 5.91 Å². The lowest BCUT2D eigenvalue weighted by Gasteiger charge is -2.05. The summed E-state index contributed by atoms with van der Waals surface area (Å²) in [4.78, 5) is 12.7. The summed E-state index contributed by atoms with van der Waals surface area (Å²) in [6.45, 7) is 0.215. The van der Waals surface area contributed by atoms with Crippen LogP contribution in [0.25, 0.3) is 0 Å². The van der Waals surface area contributed by atoms with Crippen molar-refractivity contribution in [2.24, 2.45) is 5.14 Å². The number of thiophene rings is 1. The number of sulfonamides is 1. The summed E-state index contributed by atoms with van der Waals surface area (Å²) in [6, 6.07) is 7.89. The van der Waals surface area contributed by atoms with Gasteiger partial charge in [-0.25, -0.2) is 13.6 Å². The summed E-state index contributed by atoms with van der Waals surface area (Å²) in [5, 5.41) is 8.15. The van der Waals surface area contributed by atoms with Crippen LogP contribution >= 0.6 is 38.9 Å². The molecule has 0 unspecified atom stereocenters. The number of carbonyl (C=O) groups excluding carboxylic acids is 1. The first-order chi connectivity index (χ1) is 9.77. The highest BCUT2D eigenvalue weighted by Crippen LogP contribution is 2.23. The Balaban J connectivity index is 2.04. The summed E-state index contributed by atoms with van der Waals surface area (Å²) in [5.74, 6) is -0.296. The number of benzene rings is 1. The van der Waals surface area contributed by atoms with Crippen LogP contribution in [0.1, 0.15) is 15.2 Å². The summed E-state index contributed by atoms with van der Waals surface area (Å²) < 4.78 is 23.1. The van der Waals surface area contributed by atoms with Gasteiger partial charge in [-0.1, -0.05) is 11.6 Å². The van der Waals surface area contributed by atoms with Crippen molar-refractivity contribution in [1.82, 2.24) is 5.32 Å². The molecule has 112 valence electrons. The van der Waals surface area contributed by atoms with Gasteiger partial charge in [0.1, 0.15) is 4.21 Å². The van der Waals surface area contributed by atoms with Gasteiger partial charge in [0.15, 0.2) is 0 Å². The first-order valence-electron chi connectivity index (χ1n) is 5.62. The molecule has 2 rings (SSSR count). The zero-order valence-electron chi connectivity index (χ0n) is 10.5. The Kier molecular flexibility index (Phi) is 5.05. The Morgan fingerprint density at radius 3 is 2.62 bits per heavy atom. The van der Waals surface area contributed by atoms with Gasteiger partial charge in [-0.05, 0) is 46.3 Å². The quantitative estimate of drug-likeness (QED) is 0.813. The molecule has 3 N–H and O–H groups in total. The highest BCUT2D eigenvalue weighted by atomic mass is 79.9. The van der Waals surface area contributed by atoms with E-state index in [-0.39, 0.29) is 16.7 Å².